The summed E-state index contributed by atoms with van der Waals surface area (Å²) < 4.78 is 13.2. The van der Waals surface area contributed by atoms with E-state index in [1.54, 1.807) is 6.07 Å². The third-order valence-electron chi connectivity index (χ3n) is 2.59. The SMILES string of the molecule is CCC(C)NC(C)c1ccc(Cl)c(F)c1. The van der Waals surface area contributed by atoms with E-state index in [4.69, 9.17) is 11.6 Å². The molecule has 0 aliphatic heterocycles. The molecule has 3 heteroatoms. The van der Waals surface area contributed by atoms with Crippen molar-refractivity contribution in [2.45, 2.75) is 39.3 Å². The lowest BCUT2D eigenvalue weighted by Crippen LogP contribution is -2.28. The van der Waals surface area contributed by atoms with Crippen molar-refractivity contribution in [3.63, 3.8) is 0 Å². The quantitative estimate of drug-likeness (QED) is 0.825. The number of benzene rings is 1. The Morgan fingerprint density at radius 2 is 2.07 bits per heavy atom. The van der Waals surface area contributed by atoms with E-state index in [9.17, 15) is 4.39 Å². The zero-order valence-corrected chi connectivity index (χ0v) is 10.1. The van der Waals surface area contributed by atoms with Crippen molar-refractivity contribution in [1.82, 2.24) is 5.32 Å². The summed E-state index contributed by atoms with van der Waals surface area (Å²) in [6.45, 7) is 6.25. The molecule has 15 heavy (non-hydrogen) atoms. The molecule has 0 aliphatic rings. The van der Waals surface area contributed by atoms with Crippen LogP contribution >= 0.6 is 11.6 Å². The van der Waals surface area contributed by atoms with Crippen molar-refractivity contribution in [1.29, 1.82) is 0 Å². The van der Waals surface area contributed by atoms with Crippen LogP contribution in [0, 0.1) is 5.82 Å². The fourth-order valence-electron chi connectivity index (χ4n) is 1.42. The van der Waals surface area contributed by atoms with Gasteiger partial charge in [-0.25, -0.2) is 4.39 Å². The second-order valence-corrected chi connectivity index (χ2v) is 4.28. The molecule has 0 bridgehead atoms. The van der Waals surface area contributed by atoms with Crippen LogP contribution in [-0.2, 0) is 0 Å². The molecule has 84 valence electrons. The molecule has 0 saturated heterocycles. The van der Waals surface area contributed by atoms with E-state index < -0.39 is 0 Å². The van der Waals surface area contributed by atoms with Crippen molar-refractivity contribution in [2.24, 2.45) is 0 Å². The van der Waals surface area contributed by atoms with Gasteiger partial charge < -0.3 is 5.32 Å². The first-order valence-electron chi connectivity index (χ1n) is 5.25. The standard InChI is InChI=1S/C12H17ClFN/c1-4-8(2)15-9(3)10-5-6-11(13)12(14)7-10/h5-9,15H,4H2,1-3H3. The zero-order chi connectivity index (χ0) is 11.4. The Balaban J connectivity index is 2.73. The van der Waals surface area contributed by atoms with Crippen LogP contribution in [0.2, 0.25) is 5.02 Å². The number of rotatable bonds is 4. The Labute approximate surface area is 95.6 Å². The van der Waals surface area contributed by atoms with Gasteiger partial charge in [-0.15, -0.1) is 0 Å². The monoisotopic (exact) mass is 229 g/mol. The van der Waals surface area contributed by atoms with E-state index in [1.165, 1.54) is 6.07 Å². The second-order valence-electron chi connectivity index (χ2n) is 3.87. The molecule has 1 aromatic rings. The van der Waals surface area contributed by atoms with Gasteiger partial charge in [0.15, 0.2) is 0 Å². The Kier molecular flexibility index (Phi) is 4.55. The van der Waals surface area contributed by atoms with Crippen molar-refractivity contribution in [3.8, 4) is 0 Å². The molecule has 0 heterocycles. The second kappa shape index (κ2) is 5.47. The molecule has 2 atom stereocenters. The first-order valence-corrected chi connectivity index (χ1v) is 5.63. The molecule has 1 aromatic carbocycles. The van der Waals surface area contributed by atoms with Gasteiger partial charge in [0.1, 0.15) is 5.82 Å². The normalized spacial score (nSPS) is 15.0. The smallest absolute Gasteiger partial charge is 0.142 e. The largest absolute Gasteiger partial charge is 0.308 e. The molecule has 1 rings (SSSR count). The van der Waals surface area contributed by atoms with Crippen molar-refractivity contribution >= 4 is 11.6 Å². The minimum absolute atomic E-state index is 0.145. The molecule has 0 fully saturated rings. The average Bonchev–Trinajstić information content (AvgIpc) is 2.21. The van der Waals surface area contributed by atoms with E-state index in [2.05, 4.69) is 19.2 Å². The van der Waals surface area contributed by atoms with Gasteiger partial charge in [-0.1, -0.05) is 24.6 Å². The van der Waals surface area contributed by atoms with Crippen LogP contribution < -0.4 is 5.32 Å². The van der Waals surface area contributed by atoms with Crippen LogP contribution in [0.25, 0.3) is 0 Å². The van der Waals surface area contributed by atoms with Gasteiger partial charge in [0.25, 0.3) is 0 Å². The van der Waals surface area contributed by atoms with Crippen molar-refractivity contribution < 1.29 is 4.39 Å². The molecule has 1 N–H and O–H groups in total. The summed E-state index contributed by atoms with van der Waals surface area (Å²) in [6, 6.07) is 5.51. The minimum atomic E-state index is -0.355. The highest BCUT2D eigenvalue weighted by Crippen LogP contribution is 2.20. The van der Waals surface area contributed by atoms with E-state index in [-0.39, 0.29) is 16.9 Å². The minimum Gasteiger partial charge on any atom is -0.308 e. The van der Waals surface area contributed by atoms with E-state index in [0.29, 0.717) is 6.04 Å². The van der Waals surface area contributed by atoms with Crippen molar-refractivity contribution in [3.05, 3.63) is 34.6 Å². The molecular formula is C12H17ClFN. The van der Waals surface area contributed by atoms with Gasteiger partial charge in [-0.2, -0.15) is 0 Å². The highest BCUT2D eigenvalue weighted by atomic mass is 35.5. The molecular weight excluding hydrogens is 213 g/mol. The van der Waals surface area contributed by atoms with Gasteiger partial charge in [0, 0.05) is 12.1 Å². The average molecular weight is 230 g/mol. The fourth-order valence-corrected chi connectivity index (χ4v) is 1.54. The first kappa shape index (κ1) is 12.5. The maximum absolute atomic E-state index is 13.2. The van der Waals surface area contributed by atoms with Crippen LogP contribution in [0.3, 0.4) is 0 Å². The highest BCUT2D eigenvalue weighted by Gasteiger charge is 2.09. The van der Waals surface area contributed by atoms with Gasteiger partial charge in [-0.05, 0) is 38.0 Å². The van der Waals surface area contributed by atoms with Gasteiger partial charge in [0.05, 0.1) is 5.02 Å². The predicted octanol–water partition coefficient (Wildman–Crippen LogP) is 3.93. The number of halogens is 2. The third kappa shape index (κ3) is 3.47. The van der Waals surface area contributed by atoms with Gasteiger partial charge in [-0.3, -0.25) is 0 Å². The Hall–Kier alpha value is -0.600. The van der Waals surface area contributed by atoms with Crippen LogP contribution in [0.1, 0.15) is 38.8 Å². The van der Waals surface area contributed by atoms with Crippen LogP contribution in [0.15, 0.2) is 18.2 Å². The topological polar surface area (TPSA) is 12.0 Å². The summed E-state index contributed by atoms with van der Waals surface area (Å²) in [7, 11) is 0. The predicted molar refractivity (Wildman–Crippen MR) is 62.7 cm³/mol. The molecule has 0 aliphatic carbocycles. The number of hydrogen-bond acceptors (Lipinski definition) is 1. The molecule has 2 unspecified atom stereocenters. The summed E-state index contributed by atoms with van der Waals surface area (Å²) >= 11 is 5.62. The van der Waals surface area contributed by atoms with Crippen LogP contribution in [0.5, 0.6) is 0 Å². The molecule has 0 aromatic heterocycles. The summed E-state index contributed by atoms with van der Waals surface area (Å²) in [5, 5.41) is 3.56. The highest BCUT2D eigenvalue weighted by molar-refractivity contribution is 6.30. The van der Waals surface area contributed by atoms with Crippen LogP contribution in [-0.4, -0.2) is 6.04 Å². The third-order valence-corrected chi connectivity index (χ3v) is 2.90. The number of hydrogen-bond donors (Lipinski definition) is 1. The maximum atomic E-state index is 13.2. The molecule has 0 spiro atoms. The lowest BCUT2D eigenvalue weighted by Gasteiger charge is -2.19. The first-order chi connectivity index (χ1) is 7.04. The lowest BCUT2D eigenvalue weighted by molar-refractivity contribution is 0.467. The van der Waals surface area contributed by atoms with E-state index in [0.717, 1.165) is 12.0 Å². The molecule has 0 saturated carbocycles. The van der Waals surface area contributed by atoms with E-state index in [1.807, 2.05) is 13.0 Å². The van der Waals surface area contributed by atoms with Crippen molar-refractivity contribution in [2.75, 3.05) is 0 Å². The fraction of sp³-hybridized carbons (Fsp3) is 0.500. The van der Waals surface area contributed by atoms with E-state index >= 15 is 0 Å². The molecule has 1 nitrogen and oxygen atoms in total. The summed E-state index contributed by atoms with van der Waals surface area (Å²) in [4.78, 5) is 0. The maximum Gasteiger partial charge on any atom is 0.142 e. The van der Waals surface area contributed by atoms with Crippen LogP contribution in [0.4, 0.5) is 4.39 Å². The van der Waals surface area contributed by atoms with Gasteiger partial charge in [0.2, 0.25) is 0 Å². The Morgan fingerprint density at radius 3 is 2.60 bits per heavy atom. The Morgan fingerprint density at radius 1 is 1.40 bits per heavy atom. The summed E-state index contributed by atoms with van der Waals surface area (Å²) in [5.74, 6) is -0.355. The zero-order valence-electron chi connectivity index (χ0n) is 9.35. The number of nitrogens with one attached hydrogen (secondary N) is 1. The lowest BCUT2D eigenvalue weighted by atomic mass is 10.1. The van der Waals surface area contributed by atoms with Gasteiger partial charge >= 0.3 is 0 Å². The summed E-state index contributed by atoms with van der Waals surface area (Å²) in [6.07, 6.45) is 1.06. The summed E-state index contributed by atoms with van der Waals surface area (Å²) in [5.41, 5.74) is 0.928. The molecule has 0 amide bonds. The molecule has 0 radical (unpaired) electrons. The Bertz CT molecular complexity index is 327.